The molecule has 0 unspecified atom stereocenters. The van der Waals surface area contributed by atoms with Crippen LogP contribution in [0.2, 0.25) is 5.02 Å². The van der Waals surface area contributed by atoms with Gasteiger partial charge in [0.2, 0.25) is 5.91 Å². The van der Waals surface area contributed by atoms with Gasteiger partial charge >= 0.3 is 0 Å². The van der Waals surface area contributed by atoms with Crippen molar-refractivity contribution in [2.24, 2.45) is 0 Å². The Bertz CT molecular complexity index is 979. The van der Waals surface area contributed by atoms with E-state index in [4.69, 9.17) is 16.6 Å². The molecule has 3 aromatic rings. The van der Waals surface area contributed by atoms with Crippen LogP contribution in [0, 0.1) is 6.92 Å². The molecule has 2 heterocycles. The first-order valence-corrected chi connectivity index (χ1v) is 9.48. The maximum absolute atomic E-state index is 12.8. The first kappa shape index (κ1) is 17.1. The Morgan fingerprint density at radius 2 is 2.04 bits per heavy atom. The molecule has 1 saturated heterocycles. The molecular weight excluding hydrogens is 346 g/mol. The number of fused-ring (bicyclic) bond motifs is 1. The van der Waals surface area contributed by atoms with E-state index < -0.39 is 0 Å². The molecule has 5 heteroatoms. The van der Waals surface area contributed by atoms with Crippen molar-refractivity contribution in [1.29, 1.82) is 0 Å². The van der Waals surface area contributed by atoms with Crippen LogP contribution in [0.1, 0.15) is 37.1 Å². The number of hydrogen-bond acceptors (Lipinski definition) is 2. The van der Waals surface area contributed by atoms with E-state index in [2.05, 4.69) is 17.6 Å². The Morgan fingerprint density at radius 3 is 2.85 bits per heavy atom. The van der Waals surface area contributed by atoms with Gasteiger partial charge in [-0.25, -0.2) is 4.98 Å². The summed E-state index contributed by atoms with van der Waals surface area (Å²) in [5, 5.41) is 0.653. The maximum Gasteiger partial charge on any atom is 0.227 e. The van der Waals surface area contributed by atoms with Crippen molar-refractivity contribution in [3.63, 3.8) is 0 Å². The van der Waals surface area contributed by atoms with Crippen LogP contribution < -0.4 is 4.90 Å². The molecule has 1 fully saturated rings. The molecule has 0 aliphatic carbocycles. The number of hydrogen-bond donors (Lipinski definition) is 0. The standard InChI is InChI=1S/C21H22ClN3O/c1-3-10-24-18-7-5-4-6-17(18)23-21(24)15-11-20(26)25(13-15)19-12-16(22)9-8-14(19)2/h4-9,12,15H,3,10-11,13H2,1-2H3/t15-/m0/s1. The molecule has 1 aliphatic rings. The average Bonchev–Trinajstić information content (AvgIpc) is 3.18. The second kappa shape index (κ2) is 6.76. The summed E-state index contributed by atoms with van der Waals surface area (Å²) >= 11 is 6.16. The van der Waals surface area contributed by atoms with Gasteiger partial charge in [-0.2, -0.15) is 0 Å². The van der Waals surface area contributed by atoms with Crippen LogP contribution in [0.15, 0.2) is 42.5 Å². The number of imidazole rings is 1. The van der Waals surface area contributed by atoms with Crippen LogP contribution in [0.25, 0.3) is 11.0 Å². The summed E-state index contributed by atoms with van der Waals surface area (Å²) in [7, 11) is 0. The van der Waals surface area contributed by atoms with Gasteiger partial charge in [-0.3, -0.25) is 4.79 Å². The van der Waals surface area contributed by atoms with Crippen LogP contribution in [0.3, 0.4) is 0 Å². The molecule has 0 spiro atoms. The van der Waals surface area contributed by atoms with Crippen molar-refractivity contribution in [3.8, 4) is 0 Å². The second-order valence-corrected chi connectivity index (χ2v) is 7.38. The molecule has 1 aromatic heterocycles. The molecule has 4 rings (SSSR count). The van der Waals surface area contributed by atoms with E-state index in [0.717, 1.165) is 41.1 Å². The summed E-state index contributed by atoms with van der Waals surface area (Å²) in [4.78, 5) is 19.5. The zero-order chi connectivity index (χ0) is 18.3. The molecule has 134 valence electrons. The smallest absolute Gasteiger partial charge is 0.227 e. The molecule has 0 radical (unpaired) electrons. The highest BCUT2D eigenvalue weighted by molar-refractivity contribution is 6.31. The third-order valence-electron chi connectivity index (χ3n) is 5.08. The first-order chi connectivity index (χ1) is 12.6. The lowest BCUT2D eigenvalue weighted by atomic mass is 10.1. The van der Waals surface area contributed by atoms with Crippen molar-refractivity contribution < 1.29 is 4.79 Å². The number of amides is 1. The van der Waals surface area contributed by atoms with Gasteiger partial charge in [-0.05, 0) is 43.2 Å². The molecule has 4 nitrogen and oxygen atoms in total. The van der Waals surface area contributed by atoms with Gasteiger partial charge in [0.25, 0.3) is 0 Å². The summed E-state index contributed by atoms with van der Waals surface area (Å²) in [5.41, 5.74) is 4.11. The molecule has 0 bridgehead atoms. The van der Waals surface area contributed by atoms with E-state index in [1.54, 1.807) is 0 Å². The predicted octanol–water partition coefficient (Wildman–Crippen LogP) is 4.93. The van der Waals surface area contributed by atoms with E-state index in [1.807, 2.05) is 48.2 Å². The Balaban J connectivity index is 1.72. The third-order valence-corrected chi connectivity index (χ3v) is 5.32. The number of aromatic nitrogens is 2. The minimum absolute atomic E-state index is 0.0971. The number of halogens is 1. The van der Waals surface area contributed by atoms with Crippen LogP contribution in [0.4, 0.5) is 5.69 Å². The zero-order valence-electron chi connectivity index (χ0n) is 15.1. The van der Waals surface area contributed by atoms with Crippen LogP contribution in [-0.2, 0) is 11.3 Å². The van der Waals surface area contributed by atoms with E-state index in [0.29, 0.717) is 18.0 Å². The summed E-state index contributed by atoms with van der Waals surface area (Å²) < 4.78 is 2.28. The fourth-order valence-corrected chi connectivity index (χ4v) is 4.02. The van der Waals surface area contributed by atoms with Gasteiger partial charge in [0.05, 0.1) is 11.0 Å². The highest BCUT2D eigenvalue weighted by Gasteiger charge is 2.35. The topological polar surface area (TPSA) is 38.1 Å². The highest BCUT2D eigenvalue weighted by atomic mass is 35.5. The van der Waals surface area contributed by atoms with E-state index in [1.165, 1.54) is 0 Å². The van der Waals surface area contributed by atoms with Crippen molar-refractivity contribution in [2.75, 3.05) is 11.4 Å². The minimum Gasteiger partial charge on any atom is -0.328 e. The van der Waals surface area contributed by atoms with Crippen molar-refractivity contribution in [2.45, 2.75) is 39.2 Å². The fourth-order valence-electron chi connectivity index (χ4n) is 3.85. The Labute approximate surface area is 158 Å². The van der Waals surface area contributed by atoms with Gasteiger partial charge in [-0.15, -0.1) is 0 Å². The monoisotopic (exact) mass is 367 g/mol. The largest absolute Gasteiger partial charge is 0.328 e. The van der Waals surface area contributed by atoms with Crippen LogP contribution >= 0.6 is 11.6 Å². The van der Waals surface area contributed by atoms with E-state index in [-0.39, 0.29) is 11.8 Å². The summed E-state index contributed by atoms with van der Waals surface area (Å²) in [6.45, 7) is 5.74. The number of rotatable bonds is 4. The SMILES string of the molecule is CCCn1c([C@H]2CC(=O)N(c3cc(Cl)ccc3C)C2)nc2ccccc21. The van der Waals surface area contributed by atoms with Crippen molar-refractivity contribution >= 4 is 34.2 Å². The van der Waals surface area contributed by atoms with Crippen LogP contribution in [0.5, 0.6) is 0 Å². The Morgan fingerprint density at radius 1 is 1.23 bits per heavy atom. The predicted molar refractivity (Wildman–Crippen MR) is 106 cm³/mol. The second-order valence-electron chi connectivity index (χ2n) is 6.95. The number of para-hydroxylation sites is 2. The van der Waals surface area contributed by atoms with Gasteiger partial charge in [0, 0.05) is 36.1 Å². The highest BCUT2D eigenvalue weighted by Crippen LogP contribution is 2.35. The third kappa shape index (κ3) is 2.88. The number of benzene rings is 2. The number of carbonyl (C=O) groups excluding carboxylic acids is 1. The summed E-state index contributed by atoms with van der Waals surface area (Å²) in [5.74, 6) is 1.25. The molecular formula is C21H22ClN3O. The summed E-state index contributed by atoms with van der Waals surface area (Å²) in [6, 6.07) is 13.9. The summed E-state index contributed by atoms with van der Waals surface area (Å²) in [6.07, 6.45) is 1.52. The van der Waals surface area contributed by atoms with Crippen LogP contribution in [-0.4, -0.2) is 22.0 Å². The number of aryl methyl sites for hydroxylation is 2. The average molecular weight is 368 g/mol. The van der Waals surface area contributed by atoms with Gasteiger partial charge in [0.1, 0.15) is 5.82 Å². The molecule has 26 heavy (non-hydrogen) atoms. The molecule has 0 saturated carbocycles. The molecule has 1 aliphatic heterocycles. The van der Waals surface area contributed by atoms with Crippen molar-refractivity contribution in [1.82, 2.24) is 9.55 Å². The maximum atomic E-state index is 12.8. The molecule has 1 atom stereocenters. The molecule has 1 amide bonds. The van der Waals surface area contributed by atoms with Gasteiger partial charge in [-0.1, -0.05) is 36.7 Å². The number of nitrogens with zero attached hydrogens (tertiary/aromatic N) is 3. The zero-order valence-corrected chi connectivity index (χ0v) is 15.8. The van der Waals surface area contributed by atoms with Crippen molar-refractivity contribution in [3.05, 3.63) is 58.9 Å². The van der Waals surface area contributed by atoms with E-state index >= 15 is 0 Å². The lowest BCUT2D eigenvalue weighted by Gasteiger charge is -2.19. The number of carbonyl (C=O) groups is 1. The minimum atomic E-state index is 0.0971. The first-order valence-electron chi connectivity index (χ1n) is 9.10. The van der Waals surface area contributed by atoms with E-state index in [9.17, 15) is 4.79 Å². The Hall–Kier alpha value is -2.33. The van der Waals surface area contributed by atoms with Gasteiger partial charge in [0.15, 0.2) is 0 Å². The molecule has 0 N–H and O–H groups in total. The molecule has 2 aromatic carbocycles. The fraction of sp³-hybridized carbons (Fsp3) is 0.333. The quantitative estimate of drug-likeness (QED) is 0.655. The normalized spacial score (nSPS) is 17.4. The Kier molecular flexibility index (Phi) is 4.45. The van der Waals surface area contributed by atoms with Gasteiger partial charge < -0.3 is 9.47 Å². The number of anilines is 1. The lowest BCUT2D eigenvalue weighted by Crippen LogP contribution is -2.25. The lowest BCUT2D eigenvalue weighted by molar-refractivity contribution is -0.117.